The molecule has 0 aliphatic heterocycles. The minimum Gasteiger partial charge on any atom is -0.496 e. The number of pyridine rings is 1. The maximum absolute atomic E-state index is 11.7. The molecule has 0 saturated heterocycles. The number of aldehydes is 1. The van der Waals surface area contributed by atoms with Crippen LogP contribution in [0.1, 0.15) is 41.4 Å². The molecular formula is C20H21NO2. The summed E-state index contributed by atoms with van der Waals surface area (Å²) in [5.41, 5.74) is 5.97. The lowest BCUT2D eigenvalue weighted by Gasteiger charge is -2.13. The molecule has 0 radical (unpaired) electrons. The van der Waals surface area contributed by atoms with Gasteiger partial charge in [-0.1, -0.05) is 26.0 Å². The Morgan fingerprint density at radius 3 is 2.57 bits per heavy atom. The summed E-state index contributed by atoms with van der Waals surface area (Å²) in [6.07, 6.45) is 2.93. The van der Waals surface area contributed by atoms with E-state index in [1.54, 1.807) is 7.11 Å². The average molecular weight is 307 g/mol. The van der Waals surface area contributed by atoms with Crippen LogP contribution in [0.2, 0.25) is 0 Å². The summed E-state index contributed by atoms with van der Waals surface area (Å²) in [5.74, 6) is 1.24. The molecule has 0 N–H and O–H groups in total. The smallest absolute Gasteiger partial charge is 0.167 e. The van der Waals surface area contributed by atoms with Crippen LogP contribution in [0.3, 0.4) is 0 Å². The Labute approximate surface area is 136 Å². The lowest BCUT2D eigenvalue weighted by molar-refractivity contribution is 0.111. The summed E-state index contributed by atoms with van der Waals surface area (Å²) < 4.78 is 7.41. The second-order valence-electron chi connectivity index (χ2n) is 6.17. The molecule has 3 rings (SSSR count). The molecule has 3 heteroatoms. The Morgan fingerprint density at radius 2 is 1.91 bits per heavy atom. The number of benzene rings is 1. The van der Waals surface area contributed by atoms with Gasteiger partial charge >= 0.3 is 0 Å². The molecule has 0 spiro atoms. The van der Waals surface area contributed by atoms with E-state index in [9.17, 15) is 4.79 Å². The predicted octanol–water partition coefficient (Wildman–Crippen LogP) is 4.86. The van der Waals surface area contributed by atoms with Crippen LogP contribution in [0.4, 0.5) is 0 Å². The first-order valence-corrected chi connectivity index (χ1v) is 7.80. The number of methoxy groups -OCH3 is 1. The van der Waals surface area contributed by atoms with Crippen LogP contribution >= 0.6 is 0 Å². The van der Waals surface area contributed by atoms with Crippen LogP contribution in [0.5, 0.6) is 5.75 Å². The van der Waals surface area contributed by atoms with Gasteiger partial charge in [0.05, 0.1) is 12.8 Å². The maximum atomic E-state index is 11.7. The third kappa shape index (κ3) is 2.63. The van der Waals surface area contributed by atoms with E-state index < -0.39 is 0 Å². The standard InChI is InChI=1S/C20H21NO2/c1-13(2)17-9-15(6-8-20(17)23-4)18-10-16-7-5-14(3)11-21(16)19(18)12-22/h5-13H,1-4H3. The highest BCUT2D eigenvalue weighted by molar-refractivity contribution is 5.90. The third-order valence-corrected chi connectivity index (χ3v) is 4.23. The van der Waals surface area contributed by atoms with E-state index in [-0.39, 0.29) is 0 Å². The van der Waals surface area contributed by atoms with Gasteiger partial charge in [-0.2, -0.15) is 0 Å². The molecule has 0 atom stereocenters. The Hall–Kier alpha value is -2.55. The first kappa shape index (κ1) is 15.3. The number of ether oxygens (including phenoxy) is 1. The summed E-state index contributed by atoms with van der Waals surface area (Å²) >= 11 is 0. The molecule has 2 heterocycles. The number of hydrogen-bond donors (Lipinski definition) is 0. The number of hydrogen-bond acceptors (Lipinski definition) is 2. The van der Waals surface area contributed by atoms with E-state index in [1.165, 1.54) is 0 Å². The topological polar surface area (TPSA) is 30.7 Å². The van der Waals surface area contributed by atoms with Crippen molar-refractivity contribution in [3.05, 3.63) is 59.4 Å². The lowest BCUT2D eigenvalue weighted by Crippen LogP contribution is -1.96. The zero-order valence-electron chi connectivity index (χ0n) is 14.0. The van der Waals surface area contributed by atoms with Crippen molar-refractivity contribution in [1.29, 1.82) is 0 Å². The highest BCUT2D eigenvalue weighted by Gasteiger charge is 2.15. The van der Waals surface area contributed by atoms with Crippen LogP contribution in [-0.2, 0) is 0 Å². The van der Waals surface area contributed by atoms with Crippen molar-refractivity contribution in [3.63, 3.8) is 0 Å². The Kier molecular flexibility index (Phi) is 3.95. The summed E-state index contributed by atoms with van der Waals surface area (Å²) in [6, 6.07) is 12.3. The molecule has 0 saturated carbocycles. The zero-order valence-corrected chi connectivity index (χ0v) is 14.0. The molecule has 3 aromatic rings. The Bertz CT molecular complexity index is 875. The molecule has 118 valence electrons. The van der Waals surface area contributed by atoms with E-state index >= 15 is 0 Å². The van der Waals surface area contributed by atoms with Crippen molar-refractivity contribution in [2.45, 2.75) is 26.7 Å². The van der Waals surface area contributed by atoms with Crippen molar-refractivity contribution < 1.29 is 9.53 Å². The molecule has 3 nitrogen and oxygen atoms in total. The fourth-order valence-electron chi connectivity index (χ4n) is 3.00. The second kappa shape index (κ2) is 5.92. The normalized spacial score (nSPS) is 11.2. The summed E-state index contributed by atoms with van der Waals surface area (Å²) in [6.45, 7) is 6.31. The SMILES string of the molecule is COc1ccc(-c2cc3ccc(C)cn3c2C=O)cc1C(C)C. The number of carbonyl (C=O) groups is 1. The first-order chi connectivity index (χ1) is 11.0. The quantitative estimate of drug-likeness (QED) is 0.644. The Morgan fingerprint density at radius 1 is 1.13 bits per heavy atom. The van der Waals surface area contributed by atoms with E-state index in [0.29, 0.717) is 11.6 Å². The van der Waals surface area contributed by atoms with Crippen molar-refractivity contribution in [2.75, 3.05) is 7.11 Å². The maximum Gasteiger partial charge on any atom is 0.167 e. The largest absolute Gasteiger partial charge is 0.496 e. The molecule has 0 amide bonds. The highest BCUT2D eigenvalue weighted by Crippen LogP contribution is 2.34. The van der Waals surface area contributed by atoms with Gasteiger partial charge in [-0.15, -0.1) is 0 Å². The minimum absolute atomic E-state index is 0.351. The summed E-state index contributed by atoms with van der Waals surface area (Å²) in [4.78, 5) is 11.7. The predicted molar refractivity (Wildman–Crippen MR) is 93.6 cm³/mol. The monoisotopic (exact) mass is 307 g/mol. The fourth-order valence-corrected chi connectivity index (χ4v) is 3.00. The van der Waals surface area contributed by atoms with Gasteiger partial charge in [-0.05, 0) is 53.8 Å². The van der Waals surface area contributed by atoms with E-state index in [2.05, 4.69) is 32.0 Å². The number of nitrogens with zero attached hydrogens (tertiary/aromatic N) is 1. The molecule has 1 aromatic carbocycles. The van der Waals surface area contributed by atoms with Crippen molar-refractivity contribution in [3.8, 4) is 16.9 Å². The molecule has 0 fully saturated rings. The number of rotatable bonds is 4. The number of aryl methyl sites for hydroxylation is 1. The van der Waals surface area contributed by atoms with Gasteiger partial charge in [0.2, 0.25) is 0 Å². The highest BCUT2D eigenvalue weighted by atomic mass is 16.5. The van der Waals surface area contributed by atoms with Crippen LogP contribution in [0, 0.1) is 6.92 Å². The van der Waals surface area contributed by atoms with E-state index in [1.807, 2.05) is 35.7 Å². The first-order valence-electron chi connectivity index (χ1n) is 7.80. The van der Waals surface area contributed by atoms with E-state index in [0.717, 1.165) is 39.8 Å². The summed E-state index contributed by atoms with van der Waals surface area (Å²) in [5, 5.41) is 0. The number of aromatic nitrogens is 1. The van der Waals surface area contributed by atoms with Gasteiger partial charge in [0.1, 0.15) is 5.75 Å². The molecule has 0 aliphatic carbocycles. The molecule has 0 aliphatic rings. The number of carbonyl (C=O) groups excluding carboxylic acids is 1. The van der Waals surface area contributed by atoms with Crippen molar-refractivity contribution in [2.24, 2.45) is 0 Å². The van der Waals surface area contributed by atoms with Crippen LogP contribution in [0.15, 0.2) is 42.6 Å². The number of fused-ring (bicyclic) bond motifs is 1. The van der Waals surface area contributed by atoms with Crippen LogP contribution in [-0.4, -0.2) is 17.8 Å². The van der Waals surface area contributed by atoms with Gasteiger partial charge in [0.15, 0.2) is 6.29 Å². The molecular weight excluding hydrogens is 286 g/mol. The lowest BCUT2D eigenvalue weighted by atomic mass is 9.96. The average Bonchev–Trinajstić information content (AvgIpc) is 2.91. The second-order valence-corrected chi connectivity index (χ2v) is 6.17. The molecule has 0 bridgehead atoms. The Balaban J connectivity index is 2.24. The third-order valence-electron chi connectivity index (χ3n) is 4.23. The molecule has 0 unspecified atom stereocenters. The molecule has 23 heavy (non-hydrogen) atoms. The van der Waals surface area contributed by atoms with Crippen LogP contribution < -0.4 is 4.74 Å². The van der Waals surface area contributed by atoms with Gasteiger partial charge in [0, 0.05) is 17.3 Å². The van der Waals surface area contributed by atoms with Crippen LogP contribution in [0.25, 0.3) is 16.6 Å². The van der Waals surface area contributed by atoms with Gasteiger partial charge in [-0.3, -0.25) is 4.79 Å². The van der Waals surface area contributed by atoms with Gasteiger partial charge in [-0.25, -0.2) is 0 Å². The fraction of sp³-hybridized carbons (Fsp3) is 0.250. The minimum atomic E-state index is 0.351. The van der Waals surface area contributed by atoms with Gasteiger partial charge in [0.25, 0.3) is 0 Å². The van der Waals surface area contributed by atoms with E-state index in [4.69, 9.17) is 4.74 Å². The van der Waals surface area contributed by atoms with Crippen molar-refractivity contribution in [1.82, 2.24) is 4.40 Å². The summed E-state index contributed by atoms with van der Waals surface area (Å²) in [7, 11) is 1.69. The van der Waals surface area contributed by atoms with Crippen molar-refractivity contribution >= 4 is 11.8 Å². The van der Waals surface area contributed by atoms with Gasteiger partial charge < -0.3 is 9.14 Å². The zero-order chi connectivity index (χ0) is 16.6. The molecule has 2 aromatic heterocycles.